The van der Waals surface area contributed by atoms with Gasteiger partial charge in [0.2, 0.25) is 5.91 Å². The van der Waals surface area contributed by atoms with E-state index in [0.717, 1.165) is 16.8 Å². The molecule has 25 heavy (non-hydrogen) atoms. The number of hydrogen-bond donors (Lipinski definition) is 2. The lowest BCUT2D eigenvalue weighted by molar-refractivity contribution is -0.116. The Balaban J connectivity index is 1.55. The van der Waals surface area contributed by atoms with Gasteiger partial charge in [0, 0.05) is 35.7 Å². The zero-order chi connectivity index (χ0) is 17.0. The minimum atomic E-state index is 0.00873. The van der Waals surface area contributed by atoms with Crippen molar-refractivity contribution in [1.29, 1.82) is 0 Å². The Morgan fingerprint density at radius 3 is 2.76 bits per heavy atom. The van der Waals surface area contributed by atoms with Crippen molar-refractivity contribution >= 4 is 11.7 Å². The summed E-state index contributed by atoms with van der Waals surface area (Å²) in [7, 11) is 0. The van der Waals surface area contributed by atoms with Crippen LogP contribution in [0, 0.1) is 6.92 Å². The minimum Gasteiger partial charge on any atom is -0.309 e. The molecule has 2 aromatic heterocycles. The van der Waals surface area contributed by atoms with E-state index in [4.69, 9.17) is 0 Å². The Morgan fingerprint density at radius 2 is 2.00 bits per heavy atom. The number of nitrogens with zero attached hydrogens (tertiary/aromatic N) is 3. The average Bonchev–Trinajstić information content (AvgIpc) is 3.17. The van der Waals surface area contributed by atoms with Gasteiger partial charge in [-0.3, -0.25) is 9.89 Å². The van der Waals surface area contributed by atoms with Gasteiger partial charge in [-0.05, 0) is 37.5 Å². The summed E-state index contributed by atoms with van der Waals surface area (Å²) in [5.74, 6) is 1.26. The predicted molar refractivity (Wildman–Crippen MR) is 94.0 cm³/mol. The van der Waals surface area contributed by atoms with Crippen LogP contribution in [0.4, 0.5) is 5.82 Å². The van der Waals surface area contributed by atoms with Crippen molar-refractivity contribution < 1.29 is 4.79 Å². The molecule has 1 saturated carbocycles. The average molecular weight is 333 g/mol. The number of carbonyl (C=O) groups is 1. The van der Waals surface area contributed by atoms with Gasteiger partial charge in [0.05, 0.1) is 11.9 Å². The SMILES string of the molecule is Cc1ccc(-n2cc(C3CC(=O)Nc4n[nH]c(C5CC5)c43)cn2)cc1. The van der Waals surface area contributed by atoms with Crippen molar-refractivity contribution in [2.24, 2.45) is 0 Å². The van der Waals surface area contributed by atoms with Crippen LogP contribution in [0.5, 0.6) is 0 Å². The second kappa shape index (κ2) is 5.31. The lowest BCUT2D eigenvalue weighted by Crippen LogP contribution is -2.23. The zero-order valence-electron chi connectivity index (χ0n) is 14.0. The summed E-state index contributed by atoms with van der Waals surface area (Å²) >= 11 is 0. The van der Waals surface area contributed by atoms with Crippen molar-refractivity contribution in [3.8, 4) is 5.69 Å². The number of H-pyrrole nitrogens is 1. The number of aryl methyl sites for hydroxylation is 1. The normalized spacial score (nSPS) is 19.6. The minimum absolute atomic E-state index is 0.00873. The highest BCUT2D eigenvalue weighted by molar-refractivity contribution is 5.94. The molecule has 5 rings (SSSR count). The second-order valence-electron chi connectivity index (χ2n) is 7.03. The molecule has 2 N–H and O–H groups in total. The Morgan fingerprint density at radius 1 is 1.20 bits per heavy atom. The van der Waals surface area contributed by atoms with E-state index in [0.29, 0.717) is 18.2 Å². The van der Waals surface area contributed by atoms with Crippen molar-refractivity contribution in [3.05, 3.63) is 59.0 Å². The van der Waals surface area contributed by atoms with Crippen LogP contribution in [-0.4, -0.2) is 25.9 Å². The summed E-state index contributed by atoms with van der Waals surface area (Å²) < 4.78 is 1.87. The molecule has 3 heterocycles. The van der Waals surface area contributed by atoms with Gasteiger partial charge in [0.15, 0.2) is 5.82 Å². The number of fused-ring (bicyclic) bond motifs is 1. The summed E-state index contributed by atoms with van der Waals surface area (Å²) in [4.78, 5) is 12.1. The molecule has 1 atom stereocenters. The highest BCUT2D eigenvalue weighted by Gasteiger charge is 2.37. The smallest absolute Gasteiger partial charge is 0.226 e. The van der Waals surface area contributed by atoms with Gasteiger partial charge >= 0.3 is 0 Å². The first kappa shape index (κ1) is 14.5. The largest absolute Gasteiger partial charge is 0.309 e. The molecule has 6 nitrogen and oxygen atoms in total. The summed E-state index contributed by atoms with van der Waals surface area (Å²) in [5.41, 5.74) is 5.62. The van der Waals surface area contributed by atoms with Gasteiger partial charge in [-0.2, -0.15) is 10.2 Å². The Kier molecular flexibility index (Phi) is 3.07. The number of carbonyl (C=O) groups excluding carboxylic acids is 1. The van der Waals surface area contributed by atoms with Crippen LogP contribution in [-0.2, 0) is 4.79 Å². The first-order valence-corrected chi connectivity index (χ1v) is 8.68. The molecule has 1 fully saturated rings. The summed E-state index contributed by atoms with van der Waals surface area (Å²) in [6.07, 6.45) is 6.72. The third kappa shape index (κ3) is 2.45. The van der Waals surface area contributed by atoms with E-state index in [9.17, 15) is 4.79 Å². The number of anilines is 1. The number of nitrogens with one attached hydrogen (secondary N) is 2. The van der Waals surface area contributed by atoms with Gasteiger partial charge in [-0.1, -0.05) is 17.7 Å². The Bertz CT molecular complexity index is 949. The van der Waals surface area contributed by atoms with Gasteiger partial charge in [0.1, 0.15) is 0 Å². The summed E-state index contributed by atoms with van der Waals surface area (Å²) in [6, 6.07) is 8.26. The maximum atomic E-state index is 12.1. The third-order valence-corrected chi connectivity index (χ3v) is 5.12. The lowest BCUT2D eigenvalue weighted by atomic mass is 9.86. The van der Waals surface area contributed by atoms with Gasteiger partial charge in [-0.25, -0.2) is 4.68 Å². The molecule has 1 amide bonds. The van der Waals surface area contributed by atoms with E-state index in [1.54, 1.807) is 0 Å². The predicted octanol–water partition coefficient (Wildman–Crippen LogP) is 3.26. The number of benzene rings is 1. The molecule has 6 heteroatoms. The number of aromatic amines is 1. The Hall–Kier alpha value is -2.89. The van der Waals surface area contributed by atoms with Gasteiger partial charge in [0.25, 0.3) is 0 Å². The monoisotopic (exact) mass is 333 g/mol. The van der Waals surface area contributed by atoms with E-state index in [1.165, 1.54) is 24.1 Å². The van der Waals surface area contributed by atoms with Gasteiger partial charge < -0.3 is 5.32 Å². The number of rotatable bonds is 3. The van der Waals surface area contributed by atoms with Crippen LogP contribution >= 0.6 is 0 Å². The molecule has 0 radical (unpaired) electrons. The van der Waals surface area contributed by atoms with Crippen LogP contribution in [0.2, 0.25) is 0 Å². The fraction of sp³-hybridized carbons (Fsp3) is 0.316. The van der Waals surface area contributed by atoms with E-state index < -0.39 is 0 Å². The molecular weight excluding hydrogens is 314 g/mol. The third-order valence-electron chi connectivity index (χ3n) is 5.12. The van der Waals surface area contributed by atoms with Crippen LogP contribution in [0.25, 0.3) is 5.69 Å². The standard InChI is InChI=1S/C19H19N5O/c1-11-2-6-14(7-3-11)24-10-13(9-20-24)15-8-16(25)21-19-17(15)18(22-23-19)12-4-5-12/h2-3,6-7,9-10,12,15H,4-5,8H2,1H3,(H2,21,22,23,25). The quantitative estimate of drug-likeness (QED) is 0.772. The van der Waals surface area contributed by atoms with Crippen molar-refractivity contribution in [2.75, 3.05) is 5.32 Å². The lowest BCUT2D eigenvalue weighted by Gasteiger charge is -2.22. The van der Waals surface area contributed by atoms with Crippen molar-refractivity contribution in [3.63, 3.8) is 0 Å². The summed E-state index contributed by atoms with van der Waals surface area (Å²) in [6.45, 7) is 2.07. The zero-order valence-corrected chi connectivity index (χ0v) is 14.0. The molecule has 0 saturated heterocycles. The highest BCUT2D eigenvalue weighted by atomic mass is 16.1. The Labute approximate surface area is 145 Å². The van der Waals surface area contributed by atoms with Crippen LogP contribution in [0.1, 0.15) is 53.5 Å². The van der Waals surface area contributed by atoms with Crippen LogP contribution in [0.3, 0.4) is 0 Å². The fourth-order valence-electron chi connectivity index (χ4n) is 3.61. The molecule has 1 unspecified atom stereocenters. The molecular formula is C19H19N5O. The van der Waals surface area contributed by atoms with E-state index in [2.05, 4.69) is 51.8 Å². The molecule has 1 aliphatic heterocycles. The van der Waals surface area contributed by atoms with Crippen molar-refractivity contribution in [2.45, 2.75) is 38.0 Å². The van der Waals surface area contributed by atoms with Crippen LogP contribution < -0.4 is 5.32 Å². The van der Waals surface area contributed by atoms with Gasteiger partial charge in [-0.15, -0.1) is 0 Å². The molecule has 0 spiro atoms. The molecule has 126 valence electrons. The first-order chi connectivity index (χ1) is 12.2. The van der Waals surface area contributed by atoms with E-state index in [-0.39, 0.29) is 11.8 Å². The molecule has 3 aromatic rings. The number of amides is 1. The first-order valence-electron chi connectivity index (χ1n) is 8.68. The molecule has 1 aliphatic carbocycles. The molecule has 2 aliphatic rings. The summed E-state index contributed by atoms with van der Waals surface area (Å²) in [5, 5.41) is 14.9. The topological polar surface area (TPSA) is 75.6 Å². The fourth-order valence-corrected chi connectivity index (χ4v) is 3.61. The van der Waals surface area contributed by atoms with E-state index in [1.807, 2.05) is 17.1 Å². The van der Waals surface area contributed by atoms with Crippen molar-refractivity contribution in [1.82, 2.24) is 20.0 Å². The molecule has 0 bridgehead atoms. The van der Waals surface area contributed by atoms with Crippen LogP contribution in [0.15, 0.2) is 36.7 Å². The second-order valence-corrected chi connectivity index (χ2v) is 7.03. The number of aromatic nitrogens is 4. The maximum Gasteiger partial charge on any atom is 0.226 e. The maximum absolute atomic E-state index is 12.1. The number of hydrogen-bond acceptors (Lipinski definition) is 3. The molecule has 1 aromatic carbocycles. The highest BCUT2D eigenvalue weighted by Crippen LogP contribution is 2.47. The van der Waals surface area contributed by atoms with E-state index >= 15 is 0 Å².